The highest BCUT2D eigenvalue weighted by Crippen LogP contribution is 2.28. The summed E-state index contributed by atoms with van der Waals surface area (Å²) in [5, 5.41) is 0. The molecule has 1 aromatic carbocycles. The van der Waals surface area contributed by atoms with E-state index in [0.717, 1.165) is 15.8 Å². The summed E-state index contributed by atoms with van der Waals surface area (Å²) in [6, 6.07) is 5.48. The van der Waals surface area contributed by atoms with Crippen LogP contribution in [-0.2, 0) is 4.79 Å². The molecule has 0 aliphatic heterocycles. The van der Waals surface area contributed by atoms with Crippen LogP contribution in [0.3, 0.4) is 0 Å². The molecule has 0 bridgehead atoms. The van der Waals surface area contributed by atoms with Gasteiger partial charge >= 0.3 is 0 Å². The van der Waals surface area contributed by atoms with E-state index in [2.05, 4.69) is 15.9 Å². The molecule has 1 aromatic rings. The predicted molar refractivity (Wildman–Crippen MR) is 58.3 cm³/mol. The number of methoxy groups -OCH3 is 1. The Kier molecular flexibility index (Phi) is 3.52. The zero-order valence-corrected chi connectivity index (χ0v) is 9.67. The fourth-order valence-electron chi connectivity index (χ4n) is 1.12. The zero-order valence-electron chi connectivity index (χ0n) is 8.08. The lowest BCUT2D eigenvalue weighted by Gasteiger charge is -2.09. The summed E-state index contributed by atoms with van der Waals surface area (Å²) in [4.78, 5) is 10.9. The Morgan fingerprint density at radius 1 is 1.57 bits per heavy atom. The van der Waals surface area contributed by atoms with Crippen molar-refractivity contribution in [1.82, 2.24) is 0 Å². The first-order valence-electron chi connectivity index (χ1n) is 4.19. The summed E-state index contributed by atoms with van der Waals surface area (Å²) in [5.41, 5.74) is 6.08. The van der Waals surface area contributed by atoms with E-state index in [4.69, 9.17) is 10.5 Å². The van der Waals surface area contributed by atoms with E-state index in [1.807, 2.05) is 12.1 Å². The first kappa shape index (κ1) is 11.0. The van der Waals surface area contributed by atoms with Gasteiger partial charge in [0.05, 0.1) is 17.5 Å². The second-order valence-corrected chi connectivity index (χ2v) is 3.87. The van der Waals surface area contributed by atoms with Crippen molar-refractivity contribution in [1.29, 1.82) is 0 Å². The minimum absolute atomic E-state index is 0.280. The Balaban J connectivity index is 3.02. The maximum Gasteiger partial charge on any atom is 0.224 e. The van der Waals surface area contributed by atoms with Crippen LogP contribution in [0.5, 0.6) is 5.75 Å². The van der Waals surface area contributed by atoms with Gasteiger partial charge in [0.15, 0.2) is 0 Å². The zero-order chi connectivity index (χ0) is 10.7. The number of carbonyl (C=O) groups excluding carboxylic acids is 1. The largest absolute Gasteiger partial charge is 0.496 e. The van der Waals surface area contributed by atoms with E-state index < -0.39 is 0 Å². The molecule has 76 valence electrons. The Bertz CT molecular complexity index is 352. The van der Waals surface area contributed by atoms with Crippen LogP contribution in [0.25, 0.3) is 0 Å². The Labute approximate surface area is 91.4 Å². The molecule has 1 amide bonds. The maximum atomic E-state index is 10.9. The number of carbonyl (C=O) groups is 1. The van der Waals surface area contributed by atoms with Gasteiger partial charge in [0.2, 0.25) is 5.91 Å². The summed E-state index contributed by atoms with van der Waals surface area (Å²) < 4.78 is 5.90. The van der Waals surface area contributed by atoms with Crippen LogP contribution in [0.15, 0.2) is 22.7 Å². The topological polar surface area (TPSA) is 52.3 Å². The molecule has 0 saturated heterocycles. The molecule has 0 aliphatic carbocycles. The first-order chi connectivity index (χ1) is 6.56. The first-order valence-corrected chi connectivity index (χ1v) is 4.98. The Hall–Kier alpha value is -1.03. The minimum Gasteiger partial charge on any atom is -0.496 e. The van der Waals surface area contributed by atoms with E-state index in [9.17, 15) is 4.79 Å². The summed E-state index contributed by atoms with van der Waals surface area (Å²) in [6.45, 7) is 1.77. The maximum absolute atomic E-state index is 10.9. The van der Waals surface area contributed by atoms with Crippen LogP contribution >= 0.6 is 15.9 Å². The lowest BCUT2D eigenvalue weighted by atomic mass is 10.0. The van der Waals surface area contributed by atoms with Crippen LogP contribution in [0.4, 0.5) is 0 Å². The fraction of sp³-hybridized carbons (Fsp3) is 0.300. The molecule has 0 radical (unpaired) electrons. The van der Waals surface area contributed by atoms with E-state index in [1.54, 1.807) is 20.1 Å². The van der Waals surface area contributed by atoms with Crippen molar-refractivity contribution in [3.05, 3.63) is 28.2 Å². The van der Waals surface area contributed by atoms with Crippen molar-refractivity contribution in [3.63, 3.8) is 0 Å². The molecule has 0 aliphatic rings. The standard InChI is InChI=1S/C10H12BrNO2/c1-6(10(12)13)7-3-4-9(14-2)8(11)5-7/h3-6H,1-2H3,(H2,12,13). The number of hydrogen-bond donors (Lipinski definition) is 1. The highest BCUT2D eigenvalue weighted by molar-refractivity contribution is 9.10. The second kappa shape index (κ2) is 4.46. The molecule has 14 heavy (non-hydrogen) atoms. The van der Waals surface area contributed by atoms with Gasteiger partial charge in [-0.25, -0.2) is 0 Å². The summed E-state index contributed by atoms with van der Waals surface area (Å²) in [6.07, 6.45) is 0. The summed E-state index contributed by atoms with van der Waals surface area (Å²) in [7, 11) is 1.59. The molecular formula is C10H12BrNO2. The van der Waals surface area contributed by atoms with Crippen molar-refractivity contribution in [2.45, 2.75) is 12.8 Å². The molecule has 0 spiro atoms. The van der Waals surface area contributed by atoms with Crippen molar-refractivity contribution >= 4 is 21.8 Å². The van der Waals surface area contributed by atoms with Crippen molar-refractivity contribution in [2.75, 3.05) is 7.11 Å². The Morgan fingerprint density at radius 3 is 2.64 bits per heavy atom. The molecular weight excluding hydrogens is 246 g/mol. The molecule has 3 nitrogen and oxygen atoms in total. The lowest BCUT2D eigenvalue weighted by Crippen LogP contribution is -2.18. The molecule has 1 rings (SSSR count). The van der Waals surface area contributed by atoms with Crippen molar-refractivity contribution in [3.8, 4) is 5.75 Å². The molecule has 0 heterocycles. The van der Waals surface area contributed by atoms with Gasteiger partial charge in [-0.3, -0.25) is 4.79 Å². The molecule has 0 saturated carbocycles. The van der Waals surface area contributed by atoms with E-state index in [0.29, 0.717) is 0 Å². The van der Waals surface area contributed by atoms with Gasteiger partial charge in [-0.15, -0.1) is 0 Å². The van der Waals surface area contributed by atoms with Crippen LogP contribution in [0.1, 0.15) is 18.4 Å². The third-order valence-electron chi connectivity index (χ3n) is 2.10. The molecule has 0 aromatic heterocycles. The monoisotopic (exact) mass is 257 g/mol. The van der Waals surface area contributed by atoms with Gasteiger partial charge in [0.25, 0.3) is 0 Å². The van der Waals surface area contributed by atoms with Gasteiger partial charge in [-0.2, -0.15) is 0 Å². The molecule has 1 unspecified atom stereocenters. The normalized spacial score (nSPS) is 12.2. The minimum atomic E-state index is -0.331. The van der Waals surface area contributed by atoms with Crippen LogP contribution in [-0.4, -0.2) is 13.0 Å². The lowest BCUT2D eigenvalue weighted by molar-refractivity contribution is -0.119. The molecule has 4 heteroatoms. The average molecular weight is 258 g/mol. The van der Waals surface area contributed by atoms with Gasteiger partial charge in [-0.1, -0.05) is 6.07 Å². The van der Waals surface area contributed by atoms with Crippen molar-refractivity contribution in [2.24, 2.45) is 5.73 Å². The van der Waals surface area contributed by atoms with E-state index in [1.165, 1.54) is 0 Å². The number of primary amides is 1. The van der Waals surface area contributed by atoms with Gasteiger partial charge < -0.3 is 10.5 Å². The van der Waals surface area contributed by atoms with Crippen LogP contribution in [0.2, 0.25) is 0 Å². The molecule has 0 fully saturated rings. The van der Waals surface area contributed by atoms with Gasteiger partial charge in [0.1, 0.15) is 5.75 Å². The summed E-state index contributed by atoms with van der Waals surface area (Å²) >= 11 is 3.35. The molecule has 1 atom stereocenters. The third-order valence-corrected chi connectivity index (χ3v) is 2.72. The fourth-order valence-corrected chi connectivity index (χ4v) is 1.67. The van der Waals surface area contributed by atoms with Crippen LogP contribution < -0.4 is 10.5 Å². The number of ether oxygens (including phenoxy) is 1. The van der Waals surface area contributed by atoms with E-state index in [-0.39, 0.29) is 11.8 Å². The molecule has 2 N–H and O–H groups in total. The van der Waals surface area contributed by atoms with E-state index >= 15 is 0 Å². The number of hydrogen-bond acceptors (Lipinski definition) is 2. The SMILES string of the molecule is COc1ccc(C(C)C(N)=O)cc1Br. The predicted octanol–water partition coefficient (Wildman–Crippen LogP) is 2.05. The Morgan fingerprint density at radius 2 is 2.21 bits per heavy atom. The van der Waals surface area contributed by atoms with Gasteiger partial charge in [-0.05, 0) is 40.5 Å². The number of rotatable bonds is 3. The summed E-state index contributed by atoms with van der Waals surface area (Å²) in [5.74, 6) is 0.129. The number of nitrogens with two attached hydrogens (primary N) is 1. The van der Waals surface area contributed by atoms with Gasteiger partial charge in [0, 0.05) is 0 Å². The van der Waals surface area contributed by atoms with Crippen molar-refractivity contribution < 1.29 is 9.53 Å². The highest BCUT2D eigenvalue weighted by Gasteiger charge is 2.12. The highest BCUT2D eigenvalue weighted by atomic mass is 79.9. The quantitative estimate of drug-likeness (QED) is 0.901. The number of halogens is 1. The smallest absolute Gasteiger partial charge is 0.224 e. The average Bonchev–Trinajstić information content (AvgIpc) is 2.16. The van der Waals surface area contributed by atoms with Crippen LogP contribution in [0, 0.1) is 0 Å². The third kappa shape index (κ3) is 2.26. The number of benzene rings is 1. The second-order valence-electron chi connectivity index (χ2n) is 3.02. The number of amides is 1.